The van der Waals surface area contributed by atoms with Crippen molar-refractivity contribution in [3.05, 3.63) is 58.7 Å². The highest BCUT2D eigenvalue weighted by molar-refractivity contribution is 6.05. The summed E-state index contributed by atoms with van der Waals surface area (Å²) in [6.45, 7) is 3.19. The van der Waals surface area contributed by atoms with Gasteiger partial charge in [-0.3, -0.25) is 19.7 Å². The molecule has 3 N–H and O–H groups in total. The molecule has 1 unspecified atom stereocenters. The minimum absolute atomic E-state index is 0.153. The predicted molar refractivity (Wildman–Crippen MR) is 113 cm³/mol. The van der Waals surface area contributed by atoms with Crippen molar-refractivity contribution in [2.24, 2.45) is 0 Å². The summed E-state index contributed by atoms with van der Waals surface area (Å²) < 4.78 is 5.74. The minimum atomic E-state index is -0.601. The number of amides is 3. The van der Waals surface area contributed by atoms with Crippen LogP contribution in [0.25, 0.3) is 0 Å². The Morgan fingerprint density at radius 3 is 2.94 bits per heavy atom. The van der Waals surface area contributed by atoms with Crippen molar-refractivity contribution in [1.82, 2.24) is 15.5 Å². The second kappa shape index (κ2) is 8.03. The number of nitrogens with one attached hydrogen (secondary N) is 3. The Kier molecular flexibility index (Phi) is 5.07. The van der Waals surface area contributed by atoms with E-state index in [0.717, 1.165) is 41.2 Å². The summed E-state index contributed by atoms with van der Waals surface area (Å²) in [5.74, 6) is 0.0794. The van der Waals surface area contributed by atoms with Gasteiger partial charge >= 0.3 is 0 Å². The molecule has 1 saturated heterocycles. The zero-order valence-corrected chi connectivity index (χ0v) is 17.1. The van der Waals surface area contributed by atoms with E-state index in [1.165, 1.54) is 0 Å². The first-order valence-corrected chi connectivity index (χ1v) is 10.6. The fraction of sp³-hybridized carbons (Fsp3) is 0.348. The van der Waals surface area contributed by atoms with Gasteiger partial charge < -0.3 is 20.3 Å². The lowest BCUT2D eigenvalue weighted by molar-refractivity contribution is -0.136. The molecule has 3 aliphatic rings. The van der Waals surface area contributed by atoms with Crippen LogP contribution in [-0.2, 0) is 29.2 Å². The maximum Gasteiger partial charge on any atom is 0.255 e. The van der Waals surface area contributed by atoms with Gasteiger partial charge in [0, 0.05) is 49.4 Å². The van der Waals surface area contributed by atoms with Crippen LogP contribution in [0.5, 0.6) is 5.75 Å². The van der Waals surface area contributed by atoms with E-state index in [4.69, 9.17) is 4.74 Å². The summed E-state index contributed by atoms with van der Waals surface area (Å²) in [6.07, 6.45) is 0.616. The number of hydrogen-bond acceptors (Lipinski definition) is 6. The first-order chi connectivity index (χ1) is 15.1. The average Bonchev–Trinajstić information content (AvgIpc) is 2.94. The molecule has 0 spiro atoms. The fourth-order valence-corrected chi connectivity index (χ4v) is 4.44. The van der Waals surface area contributed by atoms with Crippen LogP contribution in [0.2, 0.25) is 0 Å². The summed E-state index contributed by atoms with van der Waals surface area (Å²) in [6, 6.07) is 11.1. The van der Waals surface area contributed by atoms with Gasteiger partial charge in [0.15, 0.2) is 0 Å². The Balaban J connectivity index is 1.32. The number of hydrogen-bond donors (Lipinski definition) is 3. The number of rotatable bonds is 4. The fourth-order valence-electron chi connectivity index (χ4n) is 4.44. The van der Waals surface area contributed by atoms with E-state index in [2.05, 4.69) is 22.0 Å². The van der Waals surface area contributed by atoms with Gasteiger partial charge in [-0.25, -0.2) is 0 Å². The number of anilines is 1. The third kappa shape index (κ3) is 3.74. The molecule has 0 bridgehead atoms. The van der Waals surface area contributed by atoms with Crippen molar-refractivity contribution in [3.8, 4) is 5.75 Å². The zero-order valence-electron chi connectivity index (χ0n) is 17.1. The van der Waals surface area contributed by atoms with Crippen LogP contribution in [0, 0.1) is 0 Å². The molecule has 3 aliphatic heterocycles. The van der Waals surface area contributed by atoms with Crippen LogP contribution in [0.4, 0.5) is 5.69 Å². The molecule has 2 aromatic rings. The average molecular weight is 420 g/mol. The number of fused-ring (bicyclic) bond motifs is 2. The summed E-state index contributed by atoms with van der Waals surface area (Å²) in [4.78, 5) is 38.3. The summed E-state index contributed by atoms with van der Waals surface area (Å²) >= 11 is 0. The second-order valence-electron chi connectivity index (χ2n) is 8.04. The first kappa shape index (κ1) is 19.6. The zero-order chi connectivity index (χ0) is 21.4. The van der Waals surface area contributed by atoms with E-state index in [1.807, 2.05) is 24.3 Å². The van der Waals surface area contributed by atoms with E-state index < -0.39 is 11.9 Å². The van der Waals surface area contributed by atoms with Crippen molar-refractivity contribution in [2.75, 3.05) is 18.5 Å². The highest BCUT2D eigenvalue weighted by Crippen LogP contribution is 2.31. The molecule has 0 aromatic heterocycles. The van der Waals surface area contributed by atoms with E-state index >= 15 is 0 Å². The van der Waals surface area contributed by atoms with Gasteiger partial charge in [0.25, 0.3) is 5.91 Å². The molecule has 3 heterocycles. The van der Waals surface area contributed by atoms with E-state index in [-0.39, 0.29) is 18.2 Å². The highest BCUT2D eigenvalue weighted by atomic mass is 16.5. The maximum atomic E-state index is 13.0. The molecule has 2 aromatic carbocycles. The van der Waals surface area contributed by atoms with E-state index in [0.29, 0.717) is 31.7 Å². The Hall–Kier alpha value is -3.39. The Labute approximate surface area is 179 Å². The first-order valence-electron chi connectivity index (χ1n) is 10.6. The van der Waals surface area contributed by atoms with Crippen LogP contribution >= 0.6 is 0 Å². The molecule has 8 nitrogen and oxygen atoms in total. The van der Waals surface area contributed by atoms with Gasteiger partial charge in [-0.2, -0.15) is 0 Å². The number of carbonyl (C=O) groups excluding carboxylic acids is 3. The van der Waals surface area contributed by atoms with Gasteiger partial charge in [-0.15, -0.1) is 0 Å². The summed E-state index contributed by atoms with van der Waals surface area (Å²) in [7, 11) is 0. The number of piperidine rings is 1. The molecular weight excluding hydrogens is 396 g/mol. The van der Waals surface area contributed by atoms with Gasteiger partial charge in [0.1, 0.15) is 18.4 Å². The molecule has 31 heavy (non-hydrogen) atoms. The van der Waals surface area contributed by atoms with Gasteiger partial charge in [-0.05, 0) is 41.8 Å². The Morgan fingerprint density at radius 1 is 1.16 bits per heavy atom. The Bertz CT molecular complexity index is 1070. The van der Waals surface area contributed by atoms with Crippen LogP contribution in [0.15, 0.2) is 36.4 Å². The molecule has 0 radical (unpaired) electrons. The van der Waals surface area contributed by atoms with Crippen molar-refractivity contribution >= 4 is 23.4 Å². The van der Waals surface area contributed by atoms with Crippen molar-refractivity contribution in [1.29, 1.82) is 0 Å². The predicted octanol–water partition coefficient (Wildman–Crippen LogP) is 1.54. The summed E-state index contributed by atoms with van der Waals surface area (Å²) in [5.41, 5.74) is 4.67. The lowest BCUT2D eigenvalue weighted by Crippen LogP contribution is -2.52. The third-order valence-corrected chi connectivity index (χ3v) is 6.07. The lowest BCUT2D eigenvalue weighted by atomic mass is 10.0. The molecule has 3 amide bonds. The van der Waals surface area contributed by atoms with E-state index in [9.17, 15) is 14.4 Å². The topological polar surface area (TPSA) is 99.8 Å². The van der Waals surface area contributed by atoms with Gasteiger partial charge in [0.2, 0.25) is 11.8 Å². The van der Waals surface area contributed by atoms with Crippen molar-refractivity contribution in [2.45, 2.75) is 38.5 Å². The molecule has 160 valence electrons. The molecule has 8 heteroatoms. The number of ether oxygens (including phenoxy) is 1. The van der Waals surface area contributed by atoms with Crippen LogP contribution < -0.4 is 20.7 Å². The quantitative estimate of drug-likeness (QED) is 0.649. The Morgan fingerprint density at radius 2 is 2.06 bits per heavy atom. The number of benzene rings is 2. The number of carbonyl (C=O) groups is 3. The largest absolute Gasteiger partial charge is 0.492 e. The monoisotopic (exact) mass is 420 g/mol. The highest BCUT2D eigenvalue weighted by Gasteiger charge is 2.39. The number of nitrogens with zero attached hydrogens (tertiary/aromatic N) is 1. The normalized spacial score (nSPS) is 20.5. The molecule has 1 fully saturated rings. The maximum absolute atomic E-state index is 13.0. The van der Waals surface area contributed by atoms with Gasteiger partial charge in [0.05, 0.1) is 0 Å². The standard InChI is InChI=1S/C23H24N4O4/c28-21-7-5-19(22(29)26-21)27-13-18-14(2-1-3-17(18)23(27)30)12-25-16-4-6-20-15(10-16)11-24-8-9-31-20/h1-4,6,10,19,24-25H,5,7-9,11-13H2,(H,26,28,29). The SMILES string of the molecule is O=C1CCC(N2Cc3c(CNc4ccc5c(c4)CNCCO5)cccc3C2=O)C(=O)N1. The van der Waals surface area contributed by atoms with Crippen LogP contribution in [0.3, 0.4) is 0 Å². The second-order valence-corrected chi connectivity index (χ2v) is 8.04. The molecule has 0 saturated carbocycles. The lowest BCUT2D eigenvalue weighted by Gasteiger charge is -2.29. The van der Waals surface area contributed by atoms with Crippen LogP contribution in [0.1, 0.15) is 39.9 Å². The van der Waals surface area contributed by atoms with Crippen molar-refractivity contribution < 1.29 is 19.1 Å². The minimum Gasteiger partial charge on any atom is -0.492 e. The molecule has 0 aliphatic carbocycles. The molecular formula is C23H24N4O4. The third-order valence-electron chi connectivity index (χ3n) is 6.07. The molecule has 5 rings (SSSR count). The molecule has 1 atom stereocenters. The van der Waals surface area contributed by atoms with Crippen molar-refractivity contribution in [3.63, 3.8) is 0 Å². The smallest absolute Gasteiger partial charge is 0.255 e. The van der Waals surface area contributed by atoms with Crippen LogP contribution in [-0.4, -0.2) is 41.8 Å². The number of imide groups is 1. The van der Waals surface area contributed by atoms with Gasteiger partial charge in [-0.1, -0.05) is 12.1 Å². The summed E-state index contributed by atoms with van der Waals surface area (Å²) in [5, 5.41) is 9.13. The van der Waals surface area contributed by atoms with E-state index in [1.54, 1.807) is 11.0 Å².